The highest BCUT2D eigenvalue weighted by Gasteiger charge is 2.13. The van der Waals surface area contributed by atoms with Crippen LogP contribution in [0.25, 0.3) is 5.57 Å². The summed E-state index contributed by atoms with van der Waals surface area (Å²) >= 11 is 0. The van der Waals surface area contributed by atoms with Crippen LogP contribution in [0.3, 0.4) is 0 Å². The quantitative estimate of drug-likeness (QED) is 0.604. The highest BCUT2D eigenvalue weighted by Crippen LogP contribution is 2.20. The second-order valence-corrected chi connectivity index (χ2v) is 4.55. The Morgan fingerprint density at radius 1 is 1.05 bits per heavy atom. The minimum atomic E-state index is -0.366. The molecule has 0 aromatic heterocycles. The summed E-state index contributed by atoms with van der Waals surface area (Å²) in [5.74, 6) is -0.366. The van der Waals surface area contributed by atoms with E-state index in [0.717, 1.165) is 23.1 Å². The molecular weight excluding hydrogens is 248 g/mol. The van der Waals surface area contributed by atoms with Crippen LogP contribution in [-0.4, -0.2) is 5.97 Å². The van der Waals surface area contributed by atoms with Gasteiger partial charge in [-0.1, -0.05) is 68.1 Å². The van der Waals surface area contributed by atoms with Crippen molar-refractivity contribution in [3.63, 3.8) is 0 Å². The fraction of sp³-hybridized carbons (Fsp3) is 0.167. The van der Waals surface area contributed by atoms with Crippen LogP contribution in [0.4, 0.5) is 0 Å². The summed E-state index contributed by atoms with van der Waals surface area (Å²) in [6.45, 7) is 6.20. The Bertz CT molecular complexity index is 600. The molecule has 0 aliphatic heterocycles. The Hall–Kier alpha value is -2.35. The maximum Gasteiger partial charge on any atom is 0.338 e. The van der Waals surface area contributed by atoms with Gasteiger partial charge < -0.3 is 4.74 Å². The topological polar surface area (TPSA) is 26.3 Å². The molecule has 20 heavy (non-hydrogen) atoms. The maximum absolute atomic E-state index is 12.1. The molecule has 0 aliphatic rings. The Labute approximate surface area is 119 Å². The molecule has 2 rings (SSSR count). The highest BCUT2D eigenvalue weighted by atomic mass is 16.5. The van der Waals surface area contributed by atoms with E-state index < -0.39 is 0 Å². The minimum Gasteiger partial charge on any atom is -0.457 e. The van der Waals surface area contributed by atoms with E-state index in [4.69, 9.17) is 4.74 Å². The molecule has 0 fully saturated rings. The smallest absolute Gasteiger partial charge is 0.338 e. The van der Waals surface area contributed by atoms with Gasteiger partial charge in [0.05, 0.1) is 5.57 Å². The van der Waals surface area contributed by atoms with Crippen LogP contribution in [0, 0.1) is 0 Å². The molecule has 2 aromatic carbocycles. The van der Waals surface area contributed by atoms with Crippen molar-refractivity contribution in [2.45, 2.75) is 20.0 Å². The van der Waals surface area contributed by atoms with Gasteiger partial charge in [0.15, 0.2) is 0 Å². The summed E-state index contributed by atoms with van der Waals surface area (Å²) in [6, 6.07) is 17.4. The summed E-state index contributed by atoms with van der Waals surface area (Å²) in [7, 11) is 0. The van der Waals surface area contributed by atoms with Crippen molar-refractivity contribution in [1.29, 1.82) is 0 Å². The molecule has 0 saturated carbocycles. The lowest BCUT2D eigenvalue weighted by Crippen LogP contribution is -2.08. The molecule has 0 bridgehead atoms. The summed E-state index contributed by atoms with van der Waals surface area (Å²) < 4.78 is 5.31. The summed E-state index contributed by atoms with van der Waals surface area (Å²) in [6.07, 6.45) is 0.862. The molecule has 0 saturated heterocycles. The number of benzene rings is 2. The normalized spacial score (nSPS) is 10.1. The molecule has 2 heteroatoms. The lowest BCUT2D eigenvalue weighted by atomic mass is 9.99. The predicted molar refractivity (Wildman–Crippen MR) is 81.1 cm³/mol. The fourth-order valence-electron chi connectivity index (χ4n) is 2.04. The third-order valence-corrected chi connectivity index (χ3v) is 3.18. The summed E-state index contributed by atoms with van der Waals surface area (Å²) in [5.41, 5.74) is 3.36. The zero-order valence-corrected chi connectivity index (χ0v) is 11.6. The molecule has 0 spiro atoms. The van der Waals surface area contributed by atoms with Gasteiger partial charge in [-0.2, -0.15) is 0 Å². The van der Waals surface area contributed by atoms with E-state index >= 15 is 0 Å². The van der Waals surface area contributed by atoms with E-state index in [-0.39, 0.29) is 12.6 Å². The Balaban J connectivity index is 2.04. The van der Waals surface area contributed by atoms with Gasteiger partial charge in [-0.3, -0.25) is 0 Å². The van der Waals surface area contributed by atoms with Crippen LogP contribution in [0.2, 0.25) is 0 Å². The lowest BCUT2D eigenvalue weighted by molar-refractivity contribution is -0.137. The van der Waals surface area contributed by atoms with Gasteiger partial charge in [-0.05, 0) is 23.1 Å². The second-order valence-electron chi connectivity index (χ2n) is 4.55. The average Bonchev–Trinajstić information content (AvgIpc) is 2.52. The molecule has 0 heterocycles. The Morgan fingerprint density at radius 3 is 2.40 bits per heavy atom. The molecular formula is C18H18O2. The van der Waals surface area contributed by atoms with Gasteiger partial charge in [0.2, 0.25) is 0 Å². The zero-order valence-electron chi connectivity index (χ0n) is 11.6. The van der Waals surface area contributed by atoms with Crippen LogP contribution in [-0.2, 0) is 22.6 Å². The van der Waals surface area contributed by atoms with Gasteiger partial charge in [0, 0.05) is 0 Å². The van der Waals surface area contributed by atoms with E-state index in [1.807, 2.05) is 54.6 Å². The van der Waals surface area contributed by atoms with Crippen molar-refractivity contribution in [3.8, 4) is 0 Å². The Morgan fingerprint density at radius 2 is 1.70 bits per heavy atom. The number of rotatable bonds is 5. The number of hydrogen-bond acceptors (Lipinski definition) is 2. The molecule has 0 aliphatic carbocycles. The minimum absolute atomic E-state index is 0.271. The second kappa shape index (κ2) is 6.71. The number of ether oxygens (including phenoxy) is 1. The van der Waals surface area contributed by atoms with Crippen molar-refractivity contribution in [1.82, 2.24) is 0 Å². The molecule has 2 nitrogen and oxygen atoms in total. The van der Waals surface area contributed by atoms with Crippen molar-refractivity contribution in [3.05, 3.63) is 77.9 Å². The number of carbonyl (C=O) groups excluding carboxylic acids is 1. The van der Waals surface area contributed by atoms with Crippen LogP contribution in [0.15, 0.2) is 61.2 Å². The molecule has 102 valence electrons. The molecule has 0 radical (unpaired) electrons. The first kappa shape index (κ1) is 14.1. The van der Waals surface area contributed by atoms with Gasteiger partial charge in [-0.25, -0.2) is 4.79 Å². The van der Waals surface area contributed by atoms with E-state index in [1.54, 1.807) is 0 Å². The lowest BCUT2D eigenvalue weighted by Gasteiger charge is -2.10. The van der Waals surface area contributed by atoms with E-state index in [1.165, 1.54) is 0 Å². The van der Waals surface area contributed by atoms with Crippen molar-refractivity contribution < 1.29 is 9.53 Å². The van der Waals surface area contributed by atoms with Crippen LogP contribution in [0.5, 0.6) is 0 Å². The number of hydrogen-bond donors (Lipinski definition) is 0. The van der Waals surface area contributed by atoms with Crippen LogP contribution in [0.1, 0.15) is 23.6 Å². The first-order valence-corrected chi connectivity index (χ1v) is 6.70. The molecule has 0 atom stereocenters. The van der Waals surface area contributed by atoms with Crippen LogP contribution < -0.4 is 0 Å². The van der Waals surface area contributed by atoms with Crippen LogP contribution >= 0.6 is 0 Å². The van der Waals surface area contributed by atoms with Gasteiger partial charge >= 0.3 is 5.97 Å². The third kappa shape index (κ3) is 3.35. The fourth-order valence-corrected chi connectivity index (χ4v) is 2.04. The molecule has 2 aromatic rings. The third-order valence-electron chi connectivity index (χ3n) is 3.18. The van der Waals surface area contributed by atoms with Crippen molar-refractivity contribution in [2.24, 2.45) is 0 Å². The Kier molecular flexibility index (Phi) is 4.72. The van der Waals surface area contributed by atoms with Gasteiger partial charge in [0.25, 0.3) is 0 Å². The first-order chi connectivity index (χ1) is 9.72. The standard InChI is InChI=1S/C18H18O2/c1-3-16-11-7-8-12-17(16)14(2)18(19)20-13-15-9-5-4-6-10-15/h4-12H,2-3,13H2,1H3. The molecule has 0 unspecified atom stereocenters. The summed E-state index contributed by atoms with van der Waals surface area (Å²) in [5, 5.41) is 0. The number of esters is 1. The maximum atomic E-state index is 12.1. The van der Waals surface area contributed by atoms with Gasteiger partial charge in [-0.15, -0.1) is 0 Å². The molecule has 0 amide bonds. The molecule has 0 N–H and O–H groups in total. The van der Waals surface area contributed by atoms with Crippen molar-refractivity contribution in [2.75, 3.05) is 0 Å². The monoisotopic (exact) mass is 266 g/mol. The van der Waals surface area contributed by atoms with Gasteiger partial charge in [0.1, 0.15) is 6.61 Å². The average molecular weight is 266 g/mol. The number of aryl methyl sites for hydroxylation is 1. The van der Waals surface area contributed by atoms with E-state index in [2.05, 4.69) is 13.5 Å². The highest BCUT2D eigenvalue weighted by molar-refractivity contribution is 6.16. The SMILES string of the molecule is C=C(C(=O)OCc1ccccc1)c1ccccc1CC. The van der Waals surface area contributed by atoms with E-state index in [0.29, 0.717) is 5.57 Å². The summed E-state index contributed by atoms with van der Waals surface area (Å²) in [4.78, 5) is 12.1. The predicted octanol–water partition coefficient (Wildman–Crippen LogP) is 4.01. The van der Waals surface area contributed by atoms with E-state index in [9.17, 15) is 4.79 Å². The first-order valence-electron chi connectivity index (χ1n) is 6.70. The zero-order chi connectivity index (χ0) is 14.4. The van der Waals surface area contributed by atoms with Crippen molar-refractivity contribution >= 4 is 11.5 Å². The largest absolute Gasteiger partial charge is 0.457 e. The number of carbonyl (C=O) groups is 1.